The van der Waals surface area contributed by atoms with Gasteiger partial charge in [0.05, 0.1) is 46.4 Å². The average Bonchev–Trinajstić information content (AvgIpc) is 3.35. The molecule has 10 heteroatoms. The van der Waals surface area contributed by atoms with Crippen molar-refractivity contribution in [3.8, 4) is 17.6 Å². The Bertz CT molecular complexity index is 1460. The third-order valence-electron chi connectivity index (χ3n) is 9.81. The first kappa shape index (κ1) is 31.3. The highest BCUT2D eigenvalue weighted by molar-refractivity contribution is 5.80. The molecule has 0 atom stereocenters. The van der Waals surface area contributed by atoms with E-state index in [-0.39, 0.29) is 17.0 Å². The third-order valence-corrected chi connectivity index (χ3v) is 9.81. The summed E-state index contributed by atoms with van der Waals surface area (Å²) in [6, 6.07) is 7.95. The number of nitrogens with zero attached hydrogens (tertiary/aromatic N) is 5. The first-order valence-corrected chi connectivity index (χ1v) is 15.3. The summed E-state index contributed by atoms with van der Waals surface area (Å²) < 4.78 is 14.9. The molecular weight excluding hydrogens is 608 g/mol. The number of nitriles is 1. The Labute approximate surface area is 265 Å². The molecule has 1 N–H and O–H groups in total. The second-order valence-electron chi connectivity index (χ2n) is 12.8. The number of methoxy groups -OCH3 is 2. The van der Waals surface area contributed by atoms with Crippen LogP contribution in [0.4, 0.5) is 5.82 Å². The van der Waals surface area contributed by atoms with Gasteiger partial charge in [0.25, 0.3) is 0 Å². The lowest BCUT2D eigenvalue weighted by Gasteiger charge is -2.57. The fraction of sp³-hybridized carbons (Fsp3) is 0.576. The van der Waals surface area contributed by atoms with Crippen molar-refractivity contribution in [2.75, 3.05) is 19.7 Å². The number of anilines is 1. The molecule has 43 heavy (non-hydrogen) atoms. The van der Waals surface area contributed by atoms with Gasteiger partial charge in [-0.2, -0.15) is 10.2 Å². The van der Waals surface area contributed by atoms with Gasteiger partial charge < -0.3 is 26.5 Å². The van der Waals surface area contributed by atoms with Gasteiger partial charge in [-0.25, -0.2) is 10.0 Å². The number of hydrogen-bond acceptors (Lipinski definition) is 7. The summed E-state index contributed by atoms with van der Waals surface area (Å²) in [4.78, 5) is 15.0. The molecule has 2 aromatic heterocycles. The van der Waals surface area contributed by atoms with Crippen LogP contribution >= 0.6 is 0 Å². The van der Waals surface area contributed by atoms with Crippen LogP contribution in [0.3, 0.4) is 0 Å². The van der Waals surface area contributed by atoms with Crippen LogP contribution < -0.4 is 36.5 Å². The summed E-state index contributed by atoms with van der Waals surface area (Å²) in [6.45, 7) is 3.86. The van der Waals surface area contributed by atoms with E-state index in [2.05, 4.69) is 39.1 Å². The van der Waals surface area contributed by atoms with Crippen LogP contribution in [-0.4, -0.2) is 28.8 Å². The molecule has 0 saturated heterocycles. The van der Waals surface area contributed by atoms with Crippen molar-refractivity contribution < 1.29 is 35.9 Å². The number of rotatable bonds is 13. The van der Waals surface area contributed by atoms with Crippen molar-refractivity contribution in [3.63, 3.8) is 0 Å². The van der Waals surface area contributed by atoms with Crippen molar-refractivity contribution in [1.29, 1.82) is 5.26 Å². The van der Waals surface area contributed by atoms with Gasteiger partial charge in [-0.1, -0.05) is 22.7 Å². The van der Waals surface area contributed by atoms with Gasteiger partial charge in [-0.05, 0) is 99.2 Å². The van der Waals surface area contributed by atoms with Gasteiger partial charge in [0.1, 0.15) is 0 Å². The lowest BCUT2D eigenvalue weighted by atomic mass is 9.48. The topological polar surface area (TPSA) is 98.1 Å². The van der Waals surface area contributed by atoms with E-state index in [9.17, 15) is 5.26 Å². The van der Waals surface area contributed by atoms with Gasteiger partial charge in [0.15, 0.2) is 30.0 Å². The minimum absolute atomic E-state index is 0. The van der Waals surface area contributed by atoms with Crippen molar-refractivity contribution in [2.24, 2.45) is 23.2 Å². The van der Waals surface area contributed by atoms with E-state index in [0.29, 0.717) is 48.8 Å². The van der Waals surface area contributed by atoms with E-state index in [0.717, 1.165) is 40.9 Å². The number of aromatic nitrogens is 4. The summed E-state index contributed by atoms with van der Waals surface area (Å²) in [5, 5.41) is 9.22. The van der Waals surface area contributed by atoms with E-state index in [1.54, 1.807) is 14.2 Å². The molecule has 4 saturated carbocycles. The fourth-order valence-corrected chi connectivity index (χ4v) is 8.24. The van der Waals surface area contributed by atoms with Crippen LogP contribution in [-0.2, 0) is 24.5 Å². The Balaban J connectivity index is 0.00000368. The number of aryl methyl sites for hydroxylation is 1. The molecule has 4 aliphatic carbocycles. The zero-order valence-electron chi connectivity index (χ0n) is 25.5. The zero-order valence-corrected chi connectivity index (χ0v) is 27.1. The highest BCUT2D eigenvalue weighted by Gasteiger charge is 2.50. The molecule has 0 spiro atoms. The lowest BCUT2D eigenvalue weighted by molar-refractivity contribution is -0.672. The molecule has 0 aliphatic heterocycles. The number of nitrogens with one attached hydrogen (secondary N) is 1. The fourth-order valence-electron chi connectivity index (χ4n) is 8.24. The molecule has 4 bridgehead atoms. The summed E-state index contributed by atoms with van der Waals surface area (Å²) >= 11 is 0. The van der Waals surface area contributed by atoms with Crippen molar-refractivity contribution in [1.82, 2.24) is 14.5 Å². The first-order chi connectivity index (χ1) is 20.5. The molecule has 4 fully saturated rings. The largest absolute Gasteiger partial charge is 1.00 e. The van der Waals surface area contributed by atoms with Crippen LogP contribution in [0.15, 0.2) is 42.5 Å². The van der Waals surface area contributed by atoms with Crippen molar-refractivity contribution >= 4 is 17.0 Å². The number of ether oxygens (including phenoxy) is 2. The number of allylic oxidation sites excluding steroid dienone is 2. The van der Waals surface area contributed by atoms with E-state index >= 15 is 0 Å². The van der Waals surface area contributed by atoms with Crippen LogP contribution in [0.5, 0.6) is 11.5 Å². The lowest BCUT2D eigenvalue weighted by Crippen LogP contribution is -3.00. The van der Waals surface area contributed by atoms with Gasteiger partial charge in [-0.3, -0.25) is 9.40 Å². The number of fused-ring (bicyclic) bond motifs is 1. The summed E-state index contributed by atoms with van der Waals surface area (Å²) in [6.07, 6.45) is 17.7. The third kappa shape index (κ3) is 6.83. The quantitative estimate of drug-likeness (QED) is 0.172. The summed E-state index contributed by atoms with van der Waals surface area (Å²) in [7, 11) is 3.24. The molecule has 230 valence electrons. The minimum atomic E-state index is 0. The SMILES string of the molecule is COc1ccc(CONc2ncnc3c2n(C/C=C(\C)CCC24CC5CC(CC(C5)C2)C4)c[n+]3CCC#N)cc1OC.[Br-]. The second kappa shape index (κ2) is 13.6. The normalized spacial score (nSPS) is 24.0. The highest BCUT2D eigenvalue weighted by atomic mass is 79.9. The predicted octanol–water partition coefficient (Wildman–Crippen LogP) is 3.14. The number of benzene rings is 1. The Morgan fingerprint density at radius 2 is 1.84 bits per heavy atom. The Hall–Kier alpha value is -3.16. The number of hydrogen-bond donors (Lipinski definition) is 1. The van der Waals surface area contributed by atoms with Crippen LogP contribution in [0, 0.1) is 34.5 Å². The van der Waals surface area contributed by atoms with E-state index in [4.69, 9.17) is 14.3 Å². The first-order valence-electron chi connectivity index (χ1n) is 15.3. The molecule has 2 heterocycles. The van der Waals surface area contributed by atoms with Gasteiger partial charge in [0.2, 0.25) is 5.52 Å². The van der Waals surface area contributed by atoms with E-state index in [1.807, 2.05) is 29.1 Å². The molecule has 3 aromatic rings. The Kier molecular flexibility index (Phi) is 9.92. The van der Waals surface area contributed by atoms with Gasteiger partial charge in [-0.15, -0.1) is 0 Å². The molecule has 4 aliphatic rings. The van der Waals surface area contributed by atoms with Crippen LogP contribution in [0.2, 0.25) is 0 Å². The molecule has 0 amide bonds. The number of imidazole rings is 1. The number of halogens is 1. The Morgan fingerprint density at radius 3 is 2.51 bits per heavy atom. The maximum Gasteiger partial charge on any atom is 0.307 e. The molecule has 1 aromatic carbocycles. The van der Waals surface area contributed by atoms with Gasteiger partial charge >= 0.3 is 5.65 Å². The molecule has 0 radical (unpaired) electrons. The van der Waals surface area contributed by atoms with Crippen molar-refractivity contribution in [3.05, 3.63) is 48.1 Å². The standard InChI is InChI=1S/C33H43N6O3.BrH/c1-23(7-9-33-17-25-13-26(18-33)15-27(14-25)19-33)8-12-38-22-39(11-4-10-34)32-30(38)31(35-21-36-32)37-42-20-24-5-6-28(40-2)29(16-24)41-3;/h5-6,8,16,21-22,25-27H,4,7,9,11-15,17-20H2,1-3H3,(H,35,36,37);1H/q+1;/p-1/b23-8+;. The maximum absolute atomic E-state index is 9.22. The van der Waals surface area contributed by atoms with Crippen LogP contribution in [0.25, 0.3) is 11.2 Å². The monoisotopic (exact) mass is 650 g/mol. The van der Waals surface area contributed by atoms with E-state index in [1.165, 1.54) is 56.8 Å². The van der Waals surface area contributed by atoms with Gasteiger partial charge in [0, 0.05) is 0 Å². The average molecular weight is 652 g/mol. The Morgan fingerprint density at radius 1 is 1.12 bits per heavy atom. The van der Waals surface area contributed by atoms with E-state index < -0.39 is 0 Å². The maximum atomic E-state index is 9.22. The molecule has 9 nitrogen and oxygen atoms in total. The highest BCUT2D eigenvalue weighted by Crippen LogP contribution is 2.61. The van der Waals surface area contributed by atoms with Crippen molar-refractivity contribution in [2.45, 2.75) is 84.4 Å². The minimum Gasteiger partial charge on any atom is -1.00 e. The second-order valence-corrected chi connectivity index (χ2v) is 12.8. The smallest absolute Gasteiger partial charge is 0.307 e. The predicted molar refractivity (Wildman–Crippen MR) is 160 cm³/mol. The zero-order chi connectivity index (χ0) is 29.1. The molecule has 7 rings (SSSR count). The molecular formula is C33H43BrN6O3. The van der Waals surface area contributed by atoms with Crippen LogP contribution in [0.1, 0.15) is 70.3 Å². The summed E-state index contributed by atoms with van der Waals surface area (Å²) in [5.41, 5.74) is 7.65. The molecule has 0 unspecified atom stereocenters. The summed E-state index contributed by atoms with van der Waals surface area (Å²) in [5.74, 6) is 4.91.